The first-order chi connectivity index (χ1) is 52.6. The minimum absolute atomic E-state index is 0.0214. The molecule has 12 saturated carbocycles. The maximum absolute atomic E-state index is 12.4. The number of carbonyl (C=O) groups is 10. The summed E-state index contributed by atoms with van der Waals surface area (Å²) in [5.41, 5.74) is -3.62. The van der Waals surface area contributed by atoms with E-state index in [-0.39, 0.29) is 125 Å². The summed E-state index contributed by atoms with van der Waals surface area (Å²) in [4.78, 5) is 119. The van der Waals surface area contributed by atoms with Crippen molar-refractivity contribution in [3.63, 3.8) is 0 Å². The molecular weight excluding hydrogens is 1440 g/mol. The molecule has 21 heteroatoms. The Morgan fingerprint density at radius 1 is 0.389 bits per heavy atom. The van der Waals surface area contributed by atoms with Crippen LogP contribution in [0, 0.1) is 103 Å². The van der Waals surface area contributed by atoms with Crippen LogP contribution in [0.25, 0.3) is 0 Å². The second-order valence-electron chi connectivity index (χ2n) is 42.0. The average Bonchev–Trinajstić information content (AvgIpc) is 1.49. The molecule has 12 bridgehead atoms. The lowest BCUT2D eigenvalue weighted by atomic mass is 9.46. The van der Waals surface area contributed by atoms with Crippen LogP contribution in [0.3, 0.4) is 0 Å². The van der Waals surface area contributed by atoms with Crippen molar-refractivity contribution in [1.29, 1.82) is 0 Å². The highest BCUT2D eigenvalue weighted by atomic mass is 16.7. The molecule has 0 N–H and O–H groups in total. The summed E-state index contributed by atoms with van der Waals surface area (Å²) in [5, 5.41) is 0. The van der Waals surface area contributed by atoms with Gasteiger partial charge in [0.2, 0.25) is 0 Å². The number of ether oxygens (including phenoxy) is 11. The van der Waals surface area contributed by atoms with Crippen molar-refractivity contribution in [2.24, 2.45) is 103 Å². The molecule has 16 aliphatic rings. The van der Waals surface area contributed by atoms with Gasteiger partial charge < -0.3 is 52.1 Å². The lowest BCUT2D eigenvalue weighted by molar-refractivity contribution is -0.203. The summed E-state index contributed by atoms with van der Waals surface area (Å²) in [5.74, 6) is 3.69. The number of rotatable bonds is 24. The number of carbonyl (C=O) groups excluding carboxylic acids is 10. The Morgan fingerprint density at radius 2 is 0.770 bits per heavy atom. The van der Waals surface area contributed by atoms with E-state index in [1.54, 1.807) is 0 Å². The van der Waals surface area contributed by atoms with Crippen LogP contribution in [-0.2, 0) is 100 Å². The van der Waals surface area contributed by atoms with Gasteiger partial charge in [0.25, 0.3) is 0 Å². The minimum atomic E-state index is -0.560. The van der Waals surface area contributed by atoms with E-state index in [0.29, 0.717) is 43.4 Å². The number of hydrogen-bond acceptors (Lipinski definition) is 21. The fourth-order valence-corrected chi connectivity index (χ4v) is 20.8. The average molecular weight is 1590 g/mol. The first kappa shape index (κ1) is 91.6. The SMILES string of the molecule is CCC(C)(C)C(=O)OC12CC3CC(CC(C3)C1)C2.CCC(C)(C)C(=O)OC1C2CC3C(=O)OC1C3C2.CCC(C)(C)C(=O)OC1C2CC3C(=O)OC1C3O2.CCC(C)(C)C(=O)OC1CCCCC1.CCC(C)(C)C(=O)OCC(=O)OC(C)(C)C12CC3CC(CC(C3)C1)C2.CCC(C)(C)C(=O)OCC(=O)OC(C)(C)C1CCCC1. The van der Waals surface area contributed by atoms with Gasteiger partial charge in [-0.05, 0) is 326 Å². The summed E-state index contributed by atoms with van der Waals surface area (Å²) < 4.78 is 60.8. The van der Waals surface area contributed by atoms with Crippen molar-refractivity contribution < 1.29 is 100 Å². The summed E-state index contributed by atoms with van der Waals surface area (Å²) >= 11 is 0. The molecule has 0 radical (unpaired) electrons. The van der Waals surface area contributed by atoms with Gasteiger partial charge in [-0.15, -0.1) is 0 Å². The third kappa shape index (κ3) is 21.4. The molecule has 16 fully saturated rings. The standard InChI is InChI=1S/C21H34O4.C16H28O4.C16H26O2.C14H20O4.C13H18O5.C12H22O2/c1-6-19(2,3)18(23)24-13-17(22)25-20(4,5)21-10-14-7-15(11-21)9-16(8-14)12-21;1-6-15(2,3)14(18)19-11-13(17)20-16(4,5)12-9-7-8-10-12;1-4-15(2,3)14(17)18-16-8-11-5-12(9-16)7-13(6-11)10-16;1-4-14(2,3)13(16)18-10-7-5-8-9(6-7)12(15)17-11(8)10;1-4-13(2,3)12(15)18-9-7-5-6-8(16-7)10(9)17-11(6)14;1-4-12(2,3)11(13)14-10-8-6-5-7-9-10/h14-16H,6-13H2,1-5H3;12H,6-11H2,1-5H3;11-13H,4-10H2,1-3H3;7-11H,4-6H2,1-3H3;6-10H,4-5H2,1-3H3;10H,4-9H2,1-3H3. The van der Waals surface area contributed by atoms with Crippen LogP contribution in [0.15, 0.2) is 0 Å². The van der Waals surface area contributed by atoms with E-state index in [1.807, 2.05) is 132 Å². The predicted octanol–water partition coefficient (Wildman–Crippen LogP) is 18.2. The predicted molar refractivity (Wildman–Crippen MR) is 425 cm³/mol. The van der Waals surface area contributed by atoms with Gasteiger partial charge in [0.1, 0.15) is 41.2 Å². The Hall–Kier alpha value is -5.34. The van der Waals surface area contributed by atoms with Gasteiger partial charge in [-0.1, -0.05) is 60.8 Å². The van der Waals surface area contributed by atoms with Crippen LogP contribution in [0.2, 0.25) is 0 Å². The third-order valence-electron chi connectivity index (χ3n) is 30.5. The van der Waals surface area contributed by atoms with E-state index >= 15 is 0 Å². The molecule has 113 heavy (non-hydrogen) atoms. The van der Waals surface area contributed by atoms with E-state index in [2.05, 4.69) is 20.8 Å². The second kappa shape index (κ2) is 36.1. The van der Waals surface area contributed by atoms with Crippen molar-refractivity contribution >= 4 is 59.7 Å². The first-order valence-corrected chi connectivity index (χ1v) is 44.3. The Morgan fingerprint density at radius 3 is 1.22 bits per heavy atom. The Bertz CT molecular complexity index is 3210. The van der Waals surface area contributed by atoms with Gasteiger partial charge in [-0.3, -0.25) is 38.4 Å². The minimum Gasteiger partial charge on any atom is -0.462 e. The van der Waals surface area contributed by atoms with Crippen LogP contribution >= 0.6 is 0 Å². The van der Waals surface area contributed by atoms with Gasteiger partial charge in [-0.2, -0.15) is 0 Å². The highest BCUT2D eigenvalue weighted by Crippen LogP contribution is 2.65. The van der Waals surface area contributed by atoms with E-state index in [0.717, 1.165) is 113 Å². The Kier molecular flexibility index (Phi) is 29.2. The molecule has 12 aliphatic carbocycles. The first-order valence-electron chi connectivity index (χ1n) is 44.3. The van der Waals surface area contributed by atoms with Crippen molar-refractivity contribution in [2.45, 2.75) is 404 Å². The molecule has 0 aromatic carbocycles. The van der Waals surface area contributed by atoms with E-state index in [4.69, 9.17) is 52.1 Å². The normalized spacial score (nSPS) is 32.7. The zero-order chi connectivity index (χ0) is 83.6. The molecule has 16 rings (SSSR count). The van der Waals surface area contributed by atoms with Gasteiger partial charge in [0.05, 0.1) is 50.4 Å². The monoisotopic (exact) mass is 1590 g/mol. The van der Waals surface area contributed by atoms with Crippen LogP contribution < -0.4 is 0 Å². The number of esters is 10. The molecular formula is C92H148O21. The lowest BCUT2D eigenvalue weighted by Crippen LogP contribution is -2.57. The molecule has 4 aliphatic heterocycles. The lowest BCUT2D eigenvalue weighted by Gasteiger charge is -2.61. The molecule has 4 heterocycles. The van der Waals surface area contributed by atoms with E-state index in [9.17, 15) is 47.9 Å². The fourth-order valence-electron chi connectivity index (χ4n) is 20.8. The Labute approximate surface area is 677 Å². The largest absolute Gasteiger partial charge is 0.462 e. The molecule has 0 aromatic heterocycles. The van der Waals surface area contributed by atoms with E-state index < -0.39 is 57.0 Å². The van der Waals surface area contributed by atoms with Crippen LogP contribution in [0.5, 0.6) is 0 Å². The molecule has 10 unspecified atom stereocenters. The third-order valence-corrected chi connectivity index (χ3v) is 30.5. The summed E-state index contributed by atoms with van der Waals surface area (Å²) in [7, 11) is 0. The maximum atomic E-state index is 12.4. The second-order valence-corrected chi connectivity index (χ2v) is 42.0. The smallest absolute Gasteiger partial charge is 0.344 e. The molecule has 10 atom stereocenters. The van der Waals surface area contributed by atoms with Crippen LogP contribution in [0.4, 0.5) is 0 Å². The zero-order valence-corrected chi connectivity index (χ0v) is 73.6. The van der Waals surface area contributed by atoms with Crippen LogP contribution in [-0.4, -0.2) is 132 Å². The highest BCUT2D eigenvalue weighted by Gasteiger charge is 2.67. The number of fused-ring (bicyclic) bond motifs is 2. The van der Waals surface area contributed by atoms with Gasteiger partial charge in [0.15, 0.2) is 25.4 Å². The van der Waals surface area contributed by atoms with Crippen LogP contribution in [0.1, 0.15) is 345 Å². The summed E-state index contributed by atoms with van der Waals surface area (Å²) in [6, 6.07) is 0. The molecule has 642 valence electrons. The van der Waals surface area contributed by atoms with Gasteiger partial charge in [0, 0.05) is 17.3 Å². The van der Waals surface area contributed by atoms with Gasteiger partial charge in [-0.25, -0.2) is 9.59 Å². The van der Waals surface area contributed by atoms with Crippen molar-refractivity contribution in [3.05, 3.63) is 0 Å². The van der Waals surface area contributed by atoms with Gasteiger partial charge >= 0.3 is 59.7 Å². The molecule has 0 aromatic rings. The Balaban J connectivity index is 0.000000157. The van der Waals surface area contributed by atoms with Crippen molar-refractivity contribution in [2.75, 3.05) is 13.2 Å². The number of hydrogen-bond donors (Lipinski definition) is 0. The summed E-state index contributed by atoms with van der Waals surface area (Å²) in [6.45, 7) is 42.0. The van der Waals surface area contributed by atoms with Crippen molar-refractivity contribution in [3.8, 4) is 0 Å². The molecule has 0 spiro atoms. The topological polar surface area (TPSA) is 272 Å². The quantitative estimate of drug-likeness (QED) is 0.0641. The van der Waals surface area contributed by atoms with Crippen molar-refractivity contribution in [1.82, 2.24) is 0 Å². The van der Waals surface area contributed by atoms with E-state index in [1.165, 1.54) is 89.9 Å². The highest BCUT2D eigenvalue weighted by molar-refractivity contribution is 5.82. The molecule has 4 saturated heterocycles. The molecule has 21 nitrogen and oxygen atoms in total. The molecule has 0 amide bonds. The summed E-state index contributed by atoms with van der Waals surface area (Å²) in [6.07, 6.45) is 31.3. The fraction of sp³-hybridized carbons (Fsp3) is 0.891. The zero-order valence-electron chi connectivity index (χ0n) is 73.6. The maximum Gasteiger partial charge on any atom is 0.344 e.